The number of hydrogen-bond acceptors (Lipinski definition) is 7. The highest BCUT2D eigenvalue weighted by Crippen LogP contribution is 2.25. The van der Waals surface area contributed by atoms with Crippen LogP contribution in [0.3, 0.4) is 0 Å². The van der Waals surface area contributed by atoms with E-state index in [1.165, 1.54) is 0 Å². The number of piperazine rings is 1. The summed E-state index contributed by atoms with van der Waals surface area (Å²) < 4.78 is 7.06. The Hall–Kier alpha value is -3.95. The summed E-state index contributed by atoms with van der Waals surface area (Å²) in [6, 6.07) is 17.3. The first kappa shape index (κ1) is 23.8. The van der Waals surface area contributed by atoms with Crippen LogP contribution in [-0.4, -0.2) is 83.9 Å². The van der Waals surface area contributed by atoms with Crippen LogP contribution in [0.5, 0.6) is 5.75 Å². The van der Waals surface area contributed by atoms with Crippen LogP contribution in [0, 0.1) is 0 Å². The minimum atomic E-state index is -0.103. The Morgan fingerprint density at radius 3 is 2.69 bits per heavy atom. The molecule has 0 atom stereocenters. The zero-order chi connectivity index (χ0) is 24.9. The van der Waals surface area contributed by atoms with Gasteiger partial charge < -0.3 is 20.3 Å². The first-order chi connectivity index (χ1) is 17.6. The van der Waals surface area contributed by atoms with Gasteiger partial charge >= 0.3 is 0 Å². The first-order valence-electron chi connectivity index (χ1n) is 12.1. The molecule has 3 heterocycles. The monoisotopic (exact) mass is 485 g/mol. The molecule has 0 bridgehead atoms. The molecule has 9 heteroatoms. The van der Waals surface area contributed by atoms with Crippen molar-refractivity contribution in [1.82, 2.24) is 29.9 Å². The van der Waals surface area contributed by atoms with Crippen LogP contribution in [0.1, 0.15) is 10.4 Å². The van der Waals surface area contributed by atoms with E-state index in [1.54, 1.807) is 36.3 Å². The molecular weight excluding hydrogens is 454 g/mol. The molecule has 5 rings (SSSR count). The van der Waals surface area contributed by atoms with E-state index in [9.17, 15) is 4.79 Å². The predicted molar refractivity (Wildman–Crippen MR) is 141 cm³/mol. The number of rotatable bonds is 8. The third-order valence-corrected chi connectivity index (χ3v) is 6.46. The molecule has 9 nitrogen and oxygen atoms in total. The van der Waals surface area contributed by atoms with Gasteiger partial charge in [0.25, 0.3) is 5.91 Å². The Labute approximate surface area is 210 Å². The van der Waals surface area contributed by atoms with Crippen molar-refractivity contribution in [2.75, 3.05) is 58.7 Å². The summed E-state index contributed by atoms with van der Waals surface area (Å²) in [5, 5.41) is 11.9. The topological polar surface area (TPSA) is 87.5 Å². The van der Waals surface area contributed by atoms with Gasteiger partial charge in [-0.1, -0.05) is 6.07 Å². The fourth-order valence-electron chi connectivity index (χ4n) is 4.34. The lowest BCUT2D eigenvalue weighted by Crippen LogP contribution is -2.46. The number of anilines is 2. The van der Waals surface area contributed by atoms with Crippen molar-refractivity contribution in [2.24, 2.45) is 0 Å². The molecule has 36 heavy (non-hydrogen) atoms. The van der Waals surface area contributed by atoms with Crippen molar-refractivity contribution >= 4 is 28.2 Å². The molecule has 0 radical (unpaired) electrons. The quantitative estimate of drug-likeness (QED) is 0.396. The van der Waals surface area contributed by atoms with E-state index >= 15 is 0 Å². The third kappa shape index (κ3) is 5.48. The average molecular weight is 486 g/mol. The smallest absolute Gasteiger partial charge is 0.251 e. The van der Waals surface area contributed by atoms with Crippen LogP contribution in [-0.2, 0) is 0 Å². The standard InChI is InChI=1S/C27H31N7O2/c1-32-12-14-33(15-13-32)11-10-29-27(35)20-8-9-28-26(17-20)34-25-7-6-23(16-21(25)19-30-34)31-22-4-3-5-24(18-22)36-2/h3-9,16-19,31H,10-15H2,1-2H3,(H,29,35). The molecular formula is C27H31N7O2. The average Bonchev–Trinajstić information content (AvgIpc) is 3.33. The largest absolute Gasteiger partial charge is 0.497 e. The summed E-state index contributed by atoms with van der Waals surface area (Å²) in [6.07, 6.45) is 3.45. The van der Waals surface area contributed by atoms with Gasteiger partial charge in [0.2, 0.25) is 0 Å². The molecule has 2 aromatic heterocycles. The van der Waals surface area contributed by atoms with Crippen molar-refractivity contribution in [1.29, 1.82) is 0 Å². The van der Waals surface area contributed by atoms with Crippen molar-refractivity contribution in [3.8, 4) is 11.6 Å². The van der Waals surface area contributed by atoms with Gasteiger partial charge in [0.05, 0.1) is 18.8 Å². The lowest BCUT2D eigenvalue weighted by Gasteiger charge is -2.32. The Morgan fingerprint density at radius 1 is 1.03 bits per heavy atom. The van der Waals surface area contributed by atoms with E-state index in [2.05, 4.69) is 37.6 Å². The fourth-order valence-corrected chi connectivity index (χ4v) is 4.34. The van der Waals surface area contributed by atoms with E-state index in [4.69, 9.17) is 4.74 Å². The van der Waals surface area contributed by atoms with Gasteiger partial charge in [0, 0.05) is 73.9 Å². The van der Waals surface area contributed by atoms with Crippen LogP contribution >= 0.6 is 0 Å². The summed E-state index contributed by atoms with van der Waals surface area (Å²) in [4.78, 5) is 21.9. The molecule has 1 aliphatic heterocycles. The van der Waals surface area contributed by atoms with Crippen LogP contribution in [0.2, 0.25) is 0 Å². The van der Waals surface area contributed by atoms with Crippen LogP contribution in [0.4, 0.5) is 11.4 Å². The molecule has 1 aliphatic rings. The van der Waals surface area contributed by atoms with Crippen molar-refractivity contribution in [3.05, 3.63) is 72.6 Å². The van der Waals surface area contributed by atoms with Gasteiger partial charge in [-0.25, -0.2) is 9.67 Å². The minimum Gasteiger partial charge on any atom is -0.497 e. The Morgan fingerprint density at radius 2 is 1.86 bits per heavy atom. The lowest BCUT2D eigenvalue weighted by atomic mass is 10.2. The highest BCUT2D eigenvalue weighted by molar-refractivity contribution is 5.94. The van der Waals surface area contributed by atoms with Crippen LogP contribution in [0.15, 0.2) is 67.0 Å². The fraction of sp³-hybridized carbons (Fsp3) is 0.296. The summed E-state index contributed by atoms with van der Waals surface area (Å²) in [6.45, 7) is 5.68. The van der Waals surface area contributed by atoms with E-state index in [1.807, 2.05) is 42.5 Å². The molecule has 1 fully saturated rings. The van der Waals surface area contributed by atoms with E-state index in [0.717, 1.165) is 60.8 Å². The number of carbonyl (C=O) groups excluding carboxylic acids is 1. The van der Waals surface area contributed by atoms with Gasteiger partial charge in [-0.05, 0) is 49.5 Å². The molecule has 2 aromatic carbocycles. The van der Waals surface area contributed by atoms with E-state index in [0.29, 0.717) is 17.9 Å². The number of nitrogens with zero attached hydrogens (tertiary/aromatic N) is 5. The second kappa shape index (κ2) is 10.8. The predicted octanol–water partition coefficient (Wildman–Crippen LogP) is 3.15. The van der Waals surface area contributed by atoms with Crippen molar-refractivity contribution < 1.29 is 9.53 Å². The van der Waals surface area contributed by atoms with Gasteiger partial charge in [-0.2, -0.15) is 5.10 Å². The SMILES string of the molecule is COc1cccc(Nc2ccc3c(cnn3-c3cc(C(=O)NCCN4CCN(C)CC4)ccn3)c2)c1. The van der Waals surface area contributed by atoms with E-state index < -0.39 is 0 Å². The van der Waals surface area contributed by atoms with Crippen molar-refractivity contribution in [3.63, 3.8) is 0 Å². The number of ether oxygens (including phenoxy) is 1. The molecule has 4 aromatic rings. The van der Waals surface area contributed by atoms with Crippen LogP contribution < -0.4 is 15.4 Å². The molecule has 0 unspecified atom stereocenters. The maximum Gasteiger partial charge on any atom is 0.251 e. The van der Waals surface area contributed by atoms with Crippen molar-refractivity contribution in [2.45, 2.75) is 0 Å². The number of likely N-dealkylation sites (N-methyl/N-ethyl adjacent to an activating group) is 1. The van der Waals surface area contributed by atoms with Gasteiger partial charge in [-0.15, -0.1) is 0 Å². The van der Waals surface area contributed by atoms with Gasteiger partial charge in [0.1, 0.15) is 5.75 Å². The number of hydrogen-bond donors (Lipinski definition) is 2. The molecule has 1 saturated heterocycles. The molecule has 0 saturated carbocycles. The zero-order valence-corrected chi connectivity index (χ0v) is 20.6. The van der Waals surface area contributed by atoms with Crippen LogP contribution in [0.25, 0.3) is 16.7 Å². The molecule has 0 aliphatic carbocycles. The highest BCUT2D eigenvalue weighted by Gasteiger charge is 2.15. The second-order valence-corrected chi connectivity index (χ2v) is 8.99. The second-order valence-electron chi connectivity index (χ2n) is 8.99. The highest BCUT2D eigenvalue weighted by atomic mass is 16.5. The molecule has 186 valence electrons. The summed E-state index contributed by atoms with van der Waals surface area (Å²) in [5.74, 6) is 1.29. The molecule has 1 amide bonds. The summed E-state index contributed by atoms with van der Waals surface area (Å²) in [5.41, 5.74) is 3.36. The minimum absolute atomic E-state index is 0.103. The number of aromatic nitrogens is 3. The first-order valence-corrected chi connectivity index (χ1v) is 12.1. The number of pyridine rings is 1. The van der Waals surface area contributed by atoms with Gasteiger partial charge in [-0.3, -0.25) is 9.69 Å². The zero-order valence-electron chi connectivity index (χ0n) is 20.6. The Balaban J connectivity index is 1.26. The Kier molecular flexibility index (Phi) is 7.11. The number of carbonyl (C=O) groups is 1. The summed E-state index contributed by atoms with van der Waals surface area (Å²) in [7, 11) is 3.79. The number of nitrogens with one attached hydrogen (secondary N) is 2. The maximum atomic E-state index is 12.8. The number of benzene rings is 2. The maximum absolute atomic E-state index is 12.8. The van der Waals surface area contributed by atoms with Gasteiger partial charge in [0.15, 0.2) is 5.82 Å². The molecule has 0 spiro atoms. The molecule has 2 N–H and O–H groups in total. The number of amides is 1. The Bertz CT molecular complexity index is 1340. The number of methoxy groups -OCH3 is 1. The lowest BCUT2D eigenvalue weighted by molar-refractivity contribution is 0.0941. The third-order valence-electron chi connectivity index (χ3n) is 6.46. The number of fused-ring (bicyclic) bond motifs is 1. The normalized spacial score (nSPS) is 14.6. The summed E-state index contributed by atoms with van der Waals surface area (Å²) >= 11 is 0. The van der Waals surface area contributed by atoms with E-state index in [-0.39, 0.29) is 5.91 Å².